The molecule has 0 fully saturated rings. The van der Waals surface area contributed by atoms with Gasteiger partial charge in [0.05, 0.1) is 11.6 Å². The van der Waals surface area contributed by atoms with Crippen molar-refractivity contribution in [1.29, 1.82) is 0 Å². The van der Waals surface area contributed by atoms with Gasteiger partial charge in [0.1, 0.15) is 5.75 Å². The van der Waals surface area contributed by atoms with E-state index in [9.17, 15) is 9.59 Å². The molecule has 2 rings (SSSR count). The summed E-state index contributed by atoms with van der Waals surface area (Å²) >= 11 is 12.1. The van der Waals surface area contributed by atoms with Gasteiger partial charge in [0.15, 0.2) is 5.11 Å². The summed E-state index contributed by atoms with van der Waals surface area (Å²) in [6.45, 7) is 2.04. The van der Waals surface area contributed by atoms with Crippen molar-refractivity contribution in [3.8, 4) is 5.75 Å². The molecular formula is C22H23Br2N3O3S. The Hall–Kier alpha value is -2.23. The van der Waals surface area contributed by atoms with Crippen LogP contribution >= 0.6 is 44.1 Å². The average Bonchev–Trinajstić information content (AvgIpc) is 2.70. The molecule has 2 amide bonds. The lowest BCUT2D eigenvalue weighted by Crippen LogP contribution is -2.32. The lowest BCUT2D eigenvalue weighted by atomic mass is 10.2. The number of rotatable bonds is 8. The molecule has 0 aliphatic carbocycles. The number of carbonyl (C=O) groups is 2. The number of halogens is 2. The normalized spacial score (nSPS) is 10.6. The molecule has 0 spiro atoms. The van der Waals surface area contributed by atoms with Gasteiger partial charge >= 0.3 is 0 Å². The predicted molar refractivity (Wildman–Crippen MR) is 136 cm³/mol. The van der Waals surface area contributed by atoms with Gasteiger partial charge in [-0.15, -0.1) is 0 Å². The van der Waals surface area contributed by atoms with E-state index in [4.69, 9.17) is 17.0 Å². The molecule has 0 unspecified atom stereocenters. The summed E-state index contributed by atoms with van der Waals surface area (Å²) in [4.78, 5) is 24.1. The second kappa shape index (κ2) is 12.6. The van der Waals surface area contributed by atoms with Gasteiger partial charge in [0.2, 0.25) is 11.8 Å². The first kappa shape index (κ1) is 25.0. The molecular weight excluding hydrogens is 546 g/mol. The molecule has 0 saturated carbocycles. The minimum absolute atomic E-state index is 0.0327. The van der Waals surface area contributed by atoms with Gasteiger partial charge in [-0.2, -0.15) is 0 Å². The highest BCUT2D eigenvalue weighted by atomic mass is 79.9. The van der Waals surface area contributed by atoms with Crippen LogP contribution in [0.3, 0.4) is 0 Å². The van der Waals surface area contributed by atoms with Gasteiger partial charge < -0.3 is 15.4 Å². The number of anilines is 2. The molecule has 0 heterocycles. The lowest BCUT2D eigenvalue weighted by molar-refractivity contribution is -0.116. The fraction of sp³-hybridized carbons (Fsp3) is 0.227. The zero-order valence-corrected chi connectivity index (χ0v) is 21.1. The SMILES string of the molecule is CCCCC(=O)Nc1cccc(NC(=S)NC(=O)/C=C/c2cc(Br)cc(Br)c2OC)c1. The Balaban J connectivity index is 1.96. The molecule has 0 aliphatic heterocycles. The van der Waals surface area contributed by atoms with Crippen LogP contribution in [0.5, 0.6) is 5.75 Å². The Morgan fingerprint density at radius 3 is 2.52 bits per heavy atom. The van der Waals surface area contributed by atoms with Crippen molar-refractivity contribution < 1.29 is 14.3 Å². The molecule has 0 saturated heterocycles. The summed E-state index contributed by atoms with van der Waals surface area (Å²) in [6.07, 6.45) is 5.29. The number of hydrogen-bond acceptors (Lipinski definition) is 4. The lowest BCUT2D eigenvalue weighted by Gasteiger charge is -2.11. The number of carbonyl (C=O) groups excluding carboxylic acids is 2. The molecule has 0 aliphatic rings. The highest BCUT2D eigenvalue weighted by molar-refractivity contribution is 9.11. The molecule has 0 radical (unpaired) electrons. The molecule has 0 aromatic heterocycles. The molecule has 164 valence electrons. The summed E-state index contributed by atoms with van der Waals surface area (Å²) in [7, 11) is 1.56. The third-order valence-corrected chi connectivity index (χ3v) is 5.30. The van der Waals surface area contributed by atoms with Gasteiger partial charge in [-0.25, -0.2) is 0 Å². The van der Waals surface area contributed by atoms with Crippen LogP contribution in [0, 0.1) is 0 Å². The van der Waals surface area contributed by atoms with Crippen molar-refractivity contribution in [3.05, 3.63) is 57.0 Å². The quantitative estimate of drug-likeness (QED) is 0.274. The van der Waals surface area contributed by atoms with E-state index < -0.39 is 0 Å². The highest BCUT2D eigenvalue weighted by Crippen LogP contribution is 2.33. The van der Waals surface area contributed by atoms with Crippen molar-refractivity contribution in [3.63, 3.8) is 0 Å². The second-order valence-electron chi connectivity index (χ2n) is 6.52. The highest BCUT2D eigenvalue weighted by Gasteiger charge is 2.08. The average molecular weight is 569 g/mol. The molecule has 31 heavy (non-hydrogen) atoms. The van der Waals surface area contributed by atoms with E-state index in [1.54, 1.807) is 37.5 Å². The zero-order chi connectivity index (χ0) is 22.8. The van der Waals surface area contributed by atoms with Crippen molar-refractivity contribution >= 4 is 78.5 Å². The van der Waals surface area contributed by atoms with Crippen molar-refractivity contribution in [1.82, 2.24) is 5.32 Å². The summed E-state index contributed by atoms with van der Waals surface area (Å²) in [5.74, 6) is 0.194. The molecule has 3 N–H and O–H groups in total. The first-order valence-corrected chi connectivity index (χ1v) is 11.5. The monoisotopic (exact) mass is 567 g/mol. The van der Waals surface area contributed by atoms with Gasteiger partial charge in [-0.1, -0.05) is 35.3 Å². The molecule has 6 nitrogen and oxygen atoms in total. The van der Waals surface area contributed by atoms with Crippen LogP contribution in [0.1, 0.15) is 31.7 Å². The maximum atomic E-state index is 12.3. The second-order valence-corrected chi connectivity index (χ2v) is 8.70. The number of unbranched alkanes of at least 4 members (excludes halogenated alkanes) is 1. The molecule has 0 atom stereocenters. The van der Waals surface area contributed by atoms with E-state index >= 15 is 0 Å². The largest absolute Gasteiger partial charge is 0.495 e. The topological polar surface area (TPSA) is 79.5 Å². The number of thiocarbonyl (C=S) groups is 1. The van der Waals surface area contributed by atoms with E-state index in [1.165, 1.54) is 6.08 Å². The van der Waals surface area contributed by atoms with Crippen LogP contribution in [-0.2, 0) is 9.59 Å². The number of methoxy groups -OCH3 is 1. The van der Waals surface area contributed by atoms with Crippen LogP contribution in [-0.4, -0.2) is 24.0 Å². The van der Waals surface area contributed by atoms with Crippen LogP contribution in [0.4, 0.5) is 11.4 Å². The third-order valence-electron chi connectivity index (χ3n) is 4.05. The number of amides is 2. The summed E-state index contributed by atoms with van der Waals surface area (Å²) in [6, 6.07) is 10.8. The van der Waals surface area contributed by atoms with E-state index in [0.29, 0.717) is 23.5 Å². The summed E-state index contributed by atoms with van der Waals surface area (Å²) in [5.41, 5.74) is 2.04. The van der Waals surface area contributed by atoms with Gasteiger partial charge in [0.25, 0.3) is 0 Å². The Morgan fingerprint density at radius 1 is 1.13 bits per heavy atom. The standard InChI is InChI=1S/C22H23Br2N3O3S/c1-3-4-8-19(28)25-16-6-5-7-17(13-16)26-22(31)27-20(29)10-9-14-11-15(23)12-18(24)21(14)30-2/h5-7,9-13H,3-4,8H2,1-2H3,(H,25,28)(H2,26,27,29,31)/b10-9+. The summed E-state index contributed by atoms with van der Waals surface area (Å²) < 4.78 is 6.98. The van der Waals surface area contributed by atoms with Gasteiger partial charge in [0, 0.05) is 33.9 Å². The summed E-state index contributed by atoms with van der Waals surface area (Å²) in [5, 5.41) is 8.53. The van der Waals surface area contributed by atoms with E-state index in [2.05, 4.69) is 47.8 Å². The minimum atomic E-state index is -0.389. The van der Waals surface area contributed by atoms with E-state index in [1.807, 2.05) is 19.1 Å². The van der Waals surface area contributed by atoms with Gasteiger partial charge in [-0.3, -0.25) is 14.9 Å². The molecule has 2 aromatic carbocycles. The van der Waals surface area contributed by atoms with Crippen LogP contribution < -0.4 is 20.7 Å². The van der Waals surface area contributed by atoms with Crippen molar-refractivity contribution in [2.45, 2.75) is 26.2 Å². The Kier molecular flexibility index (Phi) is 10.2. The number of benzene rings is 2. The Morgan fingerprint density at radius 2 is 1.84 bits per heavy atom. The third kappa shape index (κ3) is 8.43. The fourth-order valence-corrected chi connectivity index (χ4v) is 4.27. The minimum Gasteiger partial charge on any atom is -0.495 e. The molecule has 9 heteroatoms. The zero-order valence-electron chi connectivity index (χ0n) is 17.1. The maximum Gasteiger partial charge on any atom is 0.250 e. The van der Waals surface area contributed by atoms with Gasteiger partial charge in [-0.05, 0) is 71.0 Å². The van der Waals surface area contributed by atoms with E-state index in [0.717, 1.165) is 27.4 Å². The fourth-order valence-electron chi connectivity index (χ4n) is 2.64. The first-order valence-electron chi connectivity index (χ1n) is 9.55. The number of ether oxygens (including phenoxy) is 1. The Labute approximate surface area is 204 Å². The number of hydrogen-bond donors (Lipinski definition) is 3. The first-order chi connectivity index (χ1) is 14.8. The van der Waals surface area contributed by atoms with Crippen LogP contribution in [0.15, 0.2) is 51.4 Å². The molecule has 2 aromatic rings. The van der Waals surface area contributed by atoms with Crippen molar-refractivity contribution in [2.24, 2.45) is 0 Å². The van der Waals surface area contributed by atoms with Crippen molar-refractivity contribution in [2.75, 3.05) is 17.7 Å². The number of nitrogens with one attached hydrogen (secondary N) is 3. The predicted octanol–water partition coefficient (Wildman–Crippen LogP) is 5.88. The van der Waals surface area contributed by atoms with E-state index in [-0.39, 0.29) is 16.9 Å². The van der Waals surface area contributed by atoms with Crippen LogP contribution in [0.2, 0.25) is 0 Å². The maximum absolute atomic E-state index is 12.3. The Bertz CT molecular complexity index is 996. The smallest absolute Gasteiger partial charge is 0.250 e. The van der Waals surface area contributed by atoms with Crippen LogP contribution in [0.25, 0.3) is 6.08 Å². The molecule has 0 bridgehead atoms.